The van der Waals surface area contributed by atoms with E-state index in [0.717, 1.165) is 5.56 Å². The quantitative estimate of drug-likeness (QED) is 0.916. The standard InChI is InChI=1S/C15H18ClN3O3/c1-9(10-5-6-12(21-3)13(7-10)22-4)18-11-8-17-19(2)15(20)14(11)16/h5-9,18H,1-4H3/t9-/m0/s1. The minimum atomic E-state index is -0.342. The molecule has 0 unspecified atom stereocenters. The van der Waals surface area contributed by atoms with E-state index < -0.39 is 0 Å². The molecule has 1 aromatic heterocycles. The van der Waals surface area contributed by atoms with Gasteiger partial charge in [0.1, 0.15) is 5.02 Å². The molecule has 118 valence electrons. The van der Waals surface area contributed by atoms with Crippen LogP contribution in [0, 0.1) is 0 Å². The molecular formula is C15H18ClN3O3. The number of benzene rings is 1. The lowest BCUT2D eigenvalue weighted by Gasteiger charge is -2.18. The van der Waals surface area contributed by atoms with E-state index in [1.165, 1.54) is 10.9 Å². The van der Waals surface area contributed by atoms with Gasteiger partial charge in [-0.05, 0) is 24.6 Å². The molecule has 0 saturated carbocycles. The average molecular weight is 324 g/mol. The molecule has 1 heterocycles. The Kier molecular flexibility index (Phi) is 4.92. The topological polar surface area (TPSA) is 65.4 Å². The SMILES string of the molecule is COc1ccc([C@H](C)Nc2cnn(C)c(=O)c2Cl)cc1OC. The Balaban J connectivity index is 2.28. The van der Waals surface area contributed by atoms with Gasteiger partial charge < -0.3 is 14.8 Å². The molecule has 0 bridgehead atoms. The molecule has 0 aliphatic carbocycles. The lowest BCUT2D eigenvalue weighted by Crippen LogP contribution is -2.21. The molecule has 0 amide bonds. The van der Waals surface area contributed by atoms with Crippen molar-refractivity contribution >= 4 is 17.3 Å². The van der Waals surface area contributed by atoms with Crippen molar-refractivity contribution in [3.63, 3.8) is 0 Å². The first-order valence-corrected chi connectivity index (χ1v) is 7.06. The number of aryl methyl sites for hydroxylation is 1. The van der Waals surface area contributed by atoms with Gasteiger partial charge >= 0.3 is 0 Å². The maximum atomic E-state index is 11.8. The number of halogens is 1. The van der Waals surface area contributed by atoms with E-state index in [1.807, 2.05) is 25.1 Å². The van der Waals surface area contributed by atoms with Crippen LogP contribution in [0.25, 0.3) is 0 Å². The third-order valence-electron chi connectivity index (χ3n) is 3.36. The first kappa shape index (κ1) is 16.2. The van der Waals surface area contributed by atoms with Crippen molar-refractivity contribution in [2.24, 2.45) is 7.05 Å². The molecule has 0 saturated heterocycles. The molecule has 0 aliphatic rings. The molecule has 1 N–H and O–H groups in total. The first-order valence-electron chi connectivity index (χ1n) is 6.68. The smallest absolute Gasteiger partial charge is 0.287 e. The third kappa shape index (κ3) is 3.17. The van der Waals surface area contributed by atoms with E-state index in [1.54, 1.807) is 21.3 Å². The summed E-state index contributed by atoms with van der Waals surface area (Å²) in [6.07, 6.45) is 1.53. The highest BCUT2D eigenvalue weighted by Gasteiger charge is 2.13. The Hall–Kier alpha value is -2.21. The minimum Gasteiger partial charge on any atom is -0.493 e. The van der Waals surface area contributed by atoms with Crippen LogP contribution in [0.2, 0.25) is 5.02 Å². The van der Waals surface area contributed by atoms with E-state index >= 15 is 0 Å². The van der Waals surface area contributed by atoms with Crippen LogP contribution in [0.3, 0.4) is 0 Å². The van der Waals surface area contributed by atoms with Crippen molar-refractivity contribution in [3.05, 3.63) is 45.3 Å². The van der Waals surface area contributed by atoms with Gasteiger partial charge in [0, 0.05) is 13.1 Å². The van der Waals surface area contributed by atoms with Crippen LogP contribution in [0.1, 0.15) is 18.5 Å². The van der Waals surface area contributed by atoms with E-state index in [9.17, 15) is 4.79 Å². The molecule has 22 heavy (non-hydrogen) atoms. The van der Waals surface area contributed by atoms with Crippen LogP contribution >= 0.6 is 11.6 Å². The second-order valence-corrected chi connectivity index (χ2v) is 5.16. The lowest BCUT2D eigenvalue weighted by atomic mass is 10.1. The van der Waals surface area contributed by atoms with Crippen molar-refractivity contribution in [2.45, 2.75) is 13.0 Å². The molecule has 0 spiro atoms. The fourth-order valence-corrected chi connectivity index (χ4v) is 2.28. The largest absolute Gasteiger partial charge is 0.493 e. The van der Waals surface area contributed by atoms with Crippen molar-refractivity contribution in [1.82, 2.24) is 9.78 Å². The van der Waals surface area contributed by atoms with E-state index in [-0.39, 0.29) is 16.6 Å². The minimum absolute atomic E-state index is 0.0915. The Labute approximate surface area is 133 Å². The number of rotatable bonds is 5. The molecule has 0 aliphatic heterocycles. The monoisotopic (exact) mass is 323 g/mol. The summed E-state index contributed by atoms with van der Waals surface area (Å²) in [4.78, 5) is 11.8. The van der Waals surface area contributed by atoms with Gasteiger partial charge in [0.05, 0.1) is 26.1 Å². The van der Waals surface area contributed by atoms with Crippen molar-refractivity contribution < 1.29 is 9.47 Å². The van der Waals surface area contributed by atoms with Crippen LogP contribution < -0.4 is 20.3 Å². The Bertz CT molecular complexity index is 730. The molecular weight excluding hydrogens is 306 g/mol. The van der Waals surface area contributed by atoms with Crippen molar-refractivity contribution in [1.29, 1.82) is 0 Å². The predicted octanol–water partition coefficient (Wildman–Crippen LogP) is 2.62. The fraction of sp³-hybridized carbons (Fsp3) is 0.333. The number of anilines is 1. The van der Waals surface area contributed by atoms with Crippen LogP contribution in [0.15, 0.2) is 29.2 Å². The number of methoxy groups -OCH3 is 2. The number of hydrogen-bond acceptors (Lipinski definition) is 5. The Morgan fingerprint density at radius 1 is 1.27 bits per heavy atom. The van der Waals surface area contributed by atoms with Gasteiger partial charge in [-0.3, -0.25) is 4.79 Å². The molecule has 1 aromatic carbocycles. The zero-order valence-electron chi connectivity index (χ0n) is 12.9. The molecule has 2 aromatic rings. The number of nitrogens with zero attached hydrogens (tertiary/aromatic N) is 2. The van der Waals surface area contributed by atoms with E-state index in [2.05, 4.69) is 10.4 Å². The molecule has 1 atom stereocenters. The molecule has 7 heteroatoms. The number of hydrogen-bond donors (Lipinski definition) is 1. The second kappa shape index (κ2) is 6.70. The number of ether oxygens (including phenoxy) is 2. The molecule has 0 fully saturated rings. The maximum absolute atomic E-state index is 11.8. The number of aromatic nitrogens is 2. The Morgan fingerprint density at radius 3 is 2.59 bits per heavy atom. The average Bonchev–Trinajstić information content (AvgIpc) is 2.54. The van der Waals surface area contributed by atoms with E-state index in [4.69, 9.17) is 21.1 Å². The van der Waals surface area contributed by atoms with Gasteiger partial charge in [-0.1, -0.05) is 17.7 Å². The second-order valence-electron chi connectivity index (χ2n) is 4.78. The van der Waals surface area contributed by atoms with Gasteiger partial charge in [-0.2, -0.15) is 5.10 Å². The summed E-state index contributed by atoms with van der Waals surface area (Å²) in [6, 6.07) is 5.53. The lowest BCUT2D eigenvalue weighted by molar-refractivity contribution is 0.354. The van der Waals surface area contributed by atoms with Crippen LogP contribution in [0.4, 0.5) is 5.69 Å². The van der Waals surface area contributed by atoms with Crippen LogP contribution in [0.5, 0.6) is 11.5 Å². The third-order valence-corrected chi connectivity index (χ3v) is 3.72. The molecule has 0 radical (unpaired) electrons. The van der Waals surface area contributed by atoms with Crippen LogP contribution in [-0.4, -0.2) is 24.0 Å². The van der Waals surface area contributed by atoms with Crippen molar-refractivity contribution in [2.75, 3.05) is 19.5 Å². The predicted molar refractivity (Wildman–Crippen MR) is 86.1 cm³/mol. The molecule has 2 rings (SSSR count). The van der Waals surface area contributed by atoms with Crippen molar-refractivity contribution in [3.8, 4) is 11.5 Å². The van der Waals surface area contributed by atoms with Crippen LogP contribution in [-0.2, 0) is 7.05 Å². The summed E-state index contributed by atoms with van der Waals surface area (Å²) in [5.41, 5.74) is 1.12. The van der Waals surface area contributed by atoms with Gasteiger partial charge in [-0.25, -0.2) is 4.68 Å². The number of nitrogens with one attached hydrogen (secondary N) is 1. The summed E-state index contributed by atoms with van der Waals surface area (Å²) in [5.74, 6) is 1.30. The highest BCUT2D eigenvalue weighted by atomic mass is 35.5. The summed E-state index contributed by atoms with van der Waals surface area (Å²) in [7, 11) is 4.72. The fourth-order valence-electron chi connectivity index (χ4n) is 2.05. The van der Waals surface area contributed by atoms with Gasteiger partial charge in [-0.15, -0.1) is 0 Å². The van der Waals surface area contributed by atoms with Gasteiger partial charge in [0.25, 0.3) is 5.56 Å². The first-order chi connectivity index (χ1) is 10.5. The van der Waals surface area contributed by atoms with Gasteiger partial charge in [0.15, 0.2) is 11.5 Å². The summed E-state index contributed by atoms with van der Waals surface area (Å²) in [6.45, 7) is 1.95. The summed E-state index contributed by atoms with van der Waals surface area (Å²) >= 11 is 6.06. The van der Waals surface area contributed by atoms with E-state index in [0.29, 0.717) is 17.2 Å². The zero-order chi connectivity index (χ0) is 16.3. The summed E-state index contributed by atoms with van der Waals surface area (Å²) < 4.78 is 11.7. The summed E-state index contributed by atoms with van der Waals surface area (Å²) in [5, 5.41) is 7.25. The molecule has 6 nitrogen and oxygen atoms in total. The highest BCUT2D eigenvalue weighted by molar-refractivity contribution is 6.32. The zero-order valence-corrected chi connectivity index (χ0v) is 13.6. The maximum Gasteiger partial charge on any atom is 0.287 e. The Morgan fingerprint density at radius 2 is 1.95 bits per heavy atom. The normalized spacial score (nSPS) is 11.9. The highest BCUT2D eigenvalue weighted by Crippen LogP contribution is 2.31. The van der Waals surface area contributed by atoms with Gasteiger partial charge in [0.2, 0.25) is 0 Å².